The lowest BCUT2D eigenvalue weighted by Crippen LogP contribution is -2.05. The Balaban J connectivity index is 1.91. The quantitative estimate of drug-likeness (QED) is 0.681. The van der Waals surface area contributed by atoms with Crippen LogP contribution >= 0.6 is 11.3 Å². The molecule has 0 fully saturated rings. The van der Waals surface area contributed by atoms with Gasteiger partial charge in [-0.3, -0.25) is 0 Å². The molecule has 0 atom stereocenters. The maximum Gasteiger partial charge on any atom is 0.226 e. The second-order valence-electron chi connectivity index (χ2n) is 4.13. The molecule has 0 amide bonds. The van der Waals surface area contributed by atoms with Crippen molar-refractivity contribution in [1.29, 1.82) is 0 Å². The van der Waals surface area contributed by atoms with Crippen LogP contribution in [0.2, 0.25) is 0 Å². The number of fused-ring (bicyclic) bond motifs is 1. The van der Waals surface area contributed by atoms with Gasteiger partial charge in [0.25, 0.3) is 0 Å². The Labute approximate surface area is 114 Å². The lowest BCUT2D eigenvalue weighted by molar-refractivity contribution is 1.10. The van der Waals surface area contributed by atoms with Crippen LogP contribution in [0, 0.1) is 6.92 Å². The van der Waals surface area contributed by atoms with Gasteiger partial charge in [-0.2, -0.15) is 9.97 Å². The molecule has 0 aromatic carbocycles. The van der Waals surface area contributed by atoms with Gasteiger partial charge < -0.3 is 15.6 Å². The van der Waals surface area contributed by atoms with E-state index in [0.717, 1.165) is 17.9 Å². The molecular weight excluding hydrogens is 260 g/mol. The first-order valence-corrected chi connectivity index (χ1v) is 6.81. The summed E-state index contributed by atoms with van der Waals surface area (Å²) < 4.78 is 0. The number of thiophene rings is 1. The summed E-state index contributed by atoms with van der Waals surface area (Å²) >= 11 is 1.74. The zero-order valence-corrected chi connectivity index (χ0v) is 11.5. The van der Waals surface area contributed by atoms with Crippen molar-refractivity contribution in [2.24, 2.45) is 0 Å². The molecule has 19 heavy (non-hydrogen) atoms. The number of H-pyrrole nitrogens is 1. The van der Waals surface area contributed by atoms with Crippen molar-refractivity contribution in [3.63, 3.8) is 0 Å². The lowest BCUT2D eigenvalue weighted by atomic mass is 10.3. The molecule has 7 heteroatoms. The average molecular weight is 274 g/mol. The molecule has 0 unspecified atom stereocenters. The monoisotopic (exact) mass is 274 g/mol. The average Bonchev–Trinajstić information content (AvgIpc) is 3.04. The van der Waals surface area contributed by atoms with E-state index in [1.807, 2.05) is 0 Å². The molecule has 3 heterocycles. The molecule has 0 aliphatic carbocycles. The lowest BCUT2D eigenvalue weighted by Gasteiger charge is -2.07. The first-order valence-electron chi connectivity index (χ1n) is 5.93. The summed E-state index contributed by atoms with van der Waals surface area (Å²) in [6.07, 6.45) is 1.63. The molecule has 3 N–H and O–H groups in total. The summed E-state index contributed by atoms with van der Waals surface area (Å²) in [5.74, 6) is 1.32. The molecule has 0 radical (unpaired) electrons. The van der Waals surface area contributed by atoms with Crippen LogP contribution in [0.15, 0.2) is 17.8 Å². The van der Waals surface area contributed by atoms with E-state index < -0.39 is 0 Å². The smallest absolute Gasteiger partial charge is 0.226 e. The van der Waals surface area contributed by atoms with Gasteiger partial charge in [-0.05, 0) is 23.9 Å². The highest BCUT2D eigenvalue weighted by atomic mass is 32.1. The number of hydrogen-bond donors (Lipinski definition) is 3. The van der Waals surface area contributed by atoms with Gasteiger partial charge in [0.15, 0.2) is 11.5 Å². The van der Waals surface area contributed by atoms with Crippen molar-refractivity contribution in [2.45, 2.75) is 13.5 Å². The second kappa shape index (κ2) is 4.85. The zero-order valence-electron chi connectivity index (χ0n) is 10.7. The predicted octanol–water partition coefficient (Wildman–Crippen LogP) is 2.38. The maximum atomic E-state index is 4.42. The number of aromatic amines is 1. The summed E-state index contributed by atoms with van der Waals surface area (Å²) in [6, 6.07) is 2.12. The molecule has 0 saturated heterocycles. The van der Waals surface area contributed by atoms with E-state index in [4.69, 9.17) is 0 Å². The van der Waals surface area contributed by atoms with Crippen molar-refractivity contribution in [1.82, 2.24) is 19.9 Å². The van der Waals surface area contributed by atoms with Crippen molar-refractivity contribution in [2.75, 3.05) is 17.7 Å². The second-order valence-corrected chi connectivity index (χ2v) is 5.13. The Morgan fingerprint density at radius 2 is 2.26 bits per heavy atom. The molecule has 0 aliphatic heterocycles. The maximum absolute atomic E-state index is 4.42. The number of rotatable bonds is 4. The summed E-state index contributed by atoms with van der Waals surface area (Å²) in [6.45, 7) is 2.86. The highest BCUT2D eigenvalue weighted by molar-refractivity contribution is 7.10. The predicted molar refractivity (Wildman–Crippen MR) is 77.6 cm³/mol. The van der Waals surface area contributed by atoms with Gasteiger partial charge in [0, 0.05) is 11.9 Å². The third-order valence-electron chi connectivity index (χ3n) is 2.89. The van der Waals surface area contributed by atoms with Crippen LogP contribution in [-0.2, 0) is 6.54 Å². The van der Waals surface area contributed by atoms with Crippen molar-refractivity contribution in [3.05, 3.63) is 28.2 Å². The van der Waals surface area contributed by atoms with E-state index in [-0.39, 0.29) is 0 Å². The van der Waals surface area contributed by atoms with Crippen LogP contribution in [0.5, 0.6) is 0 Å². The van der Waals surface area contributed by atoms with Gasteiger partial charge >= 0.3 is 0 Å². The van der Waals surface area contributed by atoms with Crippen LogP contribution in [-0.4, -0.2) is 27.0 Å². The van der Waals surface area contributed by atoms with Gasteiger partial charge in [0.2, 0.25) is 5.95 Å². The largest absolute Gasteiger partial charge is 0.363 e. The summed E-state index contributed by atoms with van der Waals surface area (Å²) in [5, 5.41) is 8.37. The highest BCUT2D eigenvalue weighted by Gasteiger charge is 2.09. The van der Waals surface area contributed by atoms with Crippen molar-refractivity contribution >= 4 is 34.3 Å². The fraction of sp³-hybridized carbons (Fsp3) is 0.250. The van der Waals surface area contributed by atoms with E-state index in [0.29, 0.717) is 11.6 Å². The molecule has 3 aromatic rings. The minimum atomic E-state index is 0.560. The Kier molecular flexibility index (Phi) is 3.04. The van der Waals surface area contributed by atoms with Crippen LogP contribution in [0.1, 0.15) is 10.4 Å². The number of anilines is 2. The third kappa shape index (κ3) is 2.24. The highest BCUT2D eigenvalue weighted by Crippen LogP contribution is 2.21. The molecule has 98 valence electrons. The fourth-order valence-corrected chi connectivity index (χ4v) is 2.67. The Morgan fingerprint density at radius 1 is 1.37 bits per heavy atom. The molecule has 0 spiro atoms. The van der Waals surface area contributed by atoms with Gasteiger partial charge in [-0.25, -0.2) is 4.98 Å². The molecule has 3 aromatic heterocycles. The molecule has 0 bridgehead atoms. The van der Waals surface area contributed by atoms with E-state index in [2.05, 4.69) is 48.9 Å². The SMILES string of the molecule is CNc1nc(NCc2sccc2C)c2[nH]cnc2n1. The minimum Gasteiger partial charge on any atom is -0.363 e. The van der Waals surface area contributed by atoms with E-state index in [1.54, 1.807) is 24.7 Å². The summed E-state index contributed by atoms with van der Waals surface area (Å²) in [7, 11) is 1.79. The van der Waals surface area contributed by atoms with E-state index in [9.17, 15) is 0 Å². The number of aromatic nitrogens is 4. The number of hydrogen-bond acceptors (Lipinski definition) is 6. The standard InChI is InChI=1S/C12H14N6S/c1-7-3-4-19-8(7)5-14-10-9-11(16-6-15-9)18-12(13-2)17-10/h3-4,6H,5H2,1-2H3,(H3,13,14,15,16,17,18). The number of aryl methyl sites for hydroxylation is 1. The minimum absolute atomic E-state index is 0.560. The van der Waals surface area contributed by atoms with E-state index >= 15 is 0 Å². The van der Waals surface area contributed by atoms with Gasteiger partial charge in [0.1, 0.15) is 5.52 Å². The molecular formula is C12H14N6S. The van der Waals surface area contributed by atoms with Crippen LogP contribution in [0.4, 0.5) is 11.8 Å². The number of imidazole rings is 1. The normalized spacial score (nSPS) is 10.8. The molecule has 3 rings (SSSR count). The van der Waals surface area contributed by atoms with Crippen molar-refractivity contribution in [3.8, 4) is 0 Å². The first-order chi connectivity index (χ1) is 9.28. The summed E-state index contributed by atoms with van der Waals surface area (Å²) in [5.41, 5.74) is 2.78. The number of nitrogens with one attached hydrogen (secondary N) is 3. The third-order valence-corrected chi connectivity index (χ3v) is 3.92. The van der Waals surface area contributed by atoms with Crippen molar-refractivity contribution < 1.29 is 0 Å². The van der Waals surface area contributed by atoms with Gasteiger partial charge in [-0.15, -0.1) is 11.3 Å². The summed E-state index contributed by atoms with van der Waals surface area (Å²) in [4.78, 5) is 17.2. The molecule has 6 nitrogen and oxygen atoms in total. The Bertz CT molecular complexity index is 701. The van der Waals surface area contributed by atoms with E-state index in [1.165, 1.54) is 10.4 Å². The van der Waals surface area contributed by atoms with Crippen LogP contribution < -0.4 is 10.6 Å². The van der Waals surface area contributed by atoms with Gasteiger partial charge in [-0.1, -0.05) is 0 Å². The zero-order chi connectivity index (χ0) is 13.2. The Morgan fingerprint density at radius 3 is 3.00 bits per heavy atom. The fourth-order valence-electron chi connectivity index (χ4n) is 1.82. The molecule has 0 saturated carbocycles. The molecule has 0 aliphatic rings. The first kappa shape index (κ1) is 11.9. The number of nitrogens with zero attached hydrogens (tertiary/aromatic N) is 3. The van der Waals surface area contributed by atoms with Crippen LogP contribution in [0.3, 0.4) is 0 Å². The van der Waals surface area contributed by atoms with Gasteiger partial charge in [0.05, 0.1) is 12.9 Å². The topological polar surface area (TPSA) is 78.5 Å². The Hall–Kier alpha value is -2.15. The van der Waals surface area contributed by atoms with Crippen LogP contribution in [0.25, 0.3) is 11.2 Å².